The fourth-order valence-electron chi connectivity index (χ4n) is 7.84. The molecule has 1 N–H and O–H groups in total. The lowest BCUT2D eigenvalue weighted by Gasteiger charge is -2.06. The highest BCUT2D eigenvalue weighted by atomic mass is 16.3. The summed E-state index contributed by atoms with van der Waals surface area (Å²) in [6, 6.07) is 49.1. The van der Waals surface area contributed by atoms with Crippen molar-refractivity contribution in [2.45, 2.75) is 6.92 Å². The van der Waals surface area contributed by atoms with Crippen LogP contribution < -0.4 is 0 Å². The summed E-state index contributed by atoms with van der Waals surface area (Å²) in [5.74, 6) is 0.401. The second kappa shape index (κ2) is 14.3. The van der Waals surface area contributed by atoms with Gasteiger partial charge in [-0.05, 0) is 66.1 Å². The molecule has 0 unspecified atom stereocenters. The number of hydrogen-bond donors (Lipinski definition) is 1. The number of aliphatic imine (C=N–C) groups is 2. The fourth-order valence-corrected chi connectivity index (χ4v) is 7.84. The van der Waals surface area contributed by atoms with Crippen LogP contribution in [0.5, 0.6) is 0 Å². The van der Waals surface area contributed by atoms with Crippen LogP contribution in [0.25, 0.3) is 88.1 Å². The van der Waals surface area contributed by atoms with Crippen LogP contribution in [0, 0.1) is 5.41 Å². The third-order valence-corrected chi connectivity index (χ3v) is 10.6. The van der Waals surface area contributed by atoms with Gasteiger partial charge in [-0.1, -0.05) is 134 Å². The second-order valence-corrected chi connectivity index (χ2v) is 14.1. The molecule has 6 nitrogen and oxygen atoms in total. The number of benzene rings is 7. The Kier molecular flexibility index (Phi) is 8.57. The van der Waals surface area contributed by atoms with Gasteiger partial charge in [0, 0.05) is 60.8 Å². The molecule has 0 spiro atoms. The van der Waals surface area contributed by atoms with Crippen molar-refractivity contribution in [3.63, 3.8) is 0 Å². The molecule has 0 saturated heterocycles. The monoisotopic (exact) mass is 749 g/mol. The molecule has 0 bridgehead atoms. The van der Waals surface area contributed by atoms with Crippen LogP contribution in [0.4, 0.5) is 0 Å². The SMILES string of the molecule is C=C/C(=C\C=C/C)C(=N)N=C(N=Cc1cccc2oc3ccc(-c4cccc5oc6c(-c7ccccc7)cccc6c45)cc3c12)c1ccc2c(c1)oc1ccccc12. The van der Waals surface area contributed by atoms with Crippen molar-refractivity contribution in [2.24, 2.45) is 9.98 Å². The number of nitrogens with zero attached hydrogens (tertiary/aromatic N) is 2. The zero-order valence-corrected chi connectivity index (χ0v) is 31.6. The highest BCUT2D eigenvalue weighted by Gasteiger charge is 2.18. The molecule has 0 fully saturated rings. The zero-order chi connectivity index (χ0) is 39.2. The van der Waals surface area contributed by atoms with E-state index in [0.29, 0.717) is 22.6 Å². The van der Waals surface area contributed by atoms with E-state index in [1.54, 1.807) is 12.3 Å². The zero-order valence-electron chi connectivity index (χ0n) is 31.6. The predicted octanol–water partition coefficient (Wildman–Crippen LogP) is 14.3. The first-order valence-electron chi connectivity index (χ1n) is 19.1. The molecule has 7 aromatic carbocycles. The lowest BCUT2D eigenvalue weighted by atomic mass is 9.96. The Morgan fingerprint density at radius 3 is 2.16 bits per heavy atom. The summed E-state index contributed by atoms with van der Waals surface area (Å²) >= 11 is 0. The molecule has 3 heterocycles. The predicted molar refractivity (Wildman–Crippen MR) is 241 cm³/mol. The van der Waals surface area contributed by atoms with E-state index >= 15 is 0 Å². The van der Waals surface area contributed by atoms with Crippen LogP contribution in [-0.2, 0) is 0 Å². The average Bonchev–Trinajstić information content (AvgIpc) is 3.96. The molecule has 58 heavy (non-hydrogen) atoms. The minimum absolute atomic E-state index is 0.0402. The molecular weight excluding hydrogens is 715 g/mol. The van der Waals surface area contributed by atoms with E-state index in [-0.39, 0.29) is 5.84 Å². The molecule has 6 heteroatoms. The number of allylic oxidation sites excluding steroid dienone is 3. The van der Waals surface area contributed by atoms with E-state index in [4.69, 9.17) is 28.6 Å². The Bertz CT molecular complexity index is 3390. The van der Waals surface area contributed by atoms with Gasteiger partial charge in [-0.25, -0.2) is 9.98 Å². The number of rotatable bonds is 7. The Morgan fingerprint density at radius 2 is 1.29 bits per heavy atom. The fraction of sp³-hybridized carbons (Fsp3) is 0.0192. The second-order valence-electron chi connectivity index (χ2n) is 14.1. The number of hydrogen-bond acceptors (Lipinski definition) is 4. The molecule has 0 amide bonds. The minimum atomic E-state index is 0.0402. The average molecular weight is 750 g/mol. The van der Waals surface area contributed by atoms with E-state index in [9.17, 15) is 0 Å². The van der Waals surface area contributed by atoms with Gasteiger partial charge in [0.1, 0.15) is 33.5 Å². The maximum Gasteiger partial charge on any atom is 0.161 e. The maximum atomic E-state index is 8.93. The van der Waals surface area contributed by atoms with Gasteiger partial charge in [-0.2, -0.15) is 0 Å². The highest BCUT2D eigenvalue weighted by Crippen LogP contribution is 2.42. The summed E-state index contributed by atoms with van der Waals surface area (Å²) in [5.41, 5.74) is 11.2. The van der Waals surface area contributed by atoms with Crippen molar-refractivity contribution in [1.82, 2.24) is 0 Å². The molecule has 10 rings (SSSR count). The van der Waals surface area contributed by atoms with Gasteiger partial charge in [0.15, 0.2) is 11.7 Å². The lowest BCUT2D eigenvalue weighted by molar-refractivity contribution is 0.668. The highest BCUT2D eigenvalue weighted by molar-refractivity contribution is 6.20. The number of nitrogens with one attached hydrogen (secondary N) is 1. The number of furan rings is 3. The number of amidine groups is 2. The van der Waals surface area contributed by atoms with Crippen molar-refractivity contribution in [3.8, 4) is 22.3 Å². The van der Waals surface area contributed by atoms with Crippen molar-refractivity contribution in [1.29, 1.82) is 5.41 Å². The van der Waals surface area contributed by atoms with Crippen LogP contribution >= 0.6 is 0 Å². The van der Waals surface area contributed by atoms with E-state index < -0.39 is 0 Å². The molecule has 276 valence electrons. The summed E-state index contributed by atoms with van der Waals surface area (Å²) in [6.07, 6.45) is 9.00. The standard InChI is InChI=1S/C52H35N3O3/c1-3-5-14-32(4-2)51(53)55-52(35-25-27-40-39-18-9-10-22-43(39)57-47(40)30-35)54-31-36-17-11-23-45-48(36)42-29-34(26-28-44(42)56-45)37-19-13-24-46-49(37)41-21-12-20-38(50(41)58-46)33-15-7-6-8-16-33/h3-31,53H,2H2,1H3/b5-3-,32-14+,53-51?,54-31?,55-52?. The van der Waals surface area contributed by atoms with Crippen LogP contribution in [-0.4, -0.2) is 17.9 Å². The van der Waals surface area contributed by atoms with E-state index in [1.165, 1.54) is 0 Å². The first kappa shape index (κ1) is 34.6. The molecular formula is C52H35N3O3. The Hall–Kier alpha value is -7.83. The largest absolute Gasteiger partial charge is 0.456 e. The van der Waals surface area contributed by atoms with Gasteiger partial charge in [-0.3, -0.25) is 5.41 Å². The summed E-state index contributed by atoms with van der Waals surface area (Å²) in [7, 11) is 0. The van der Waals surface area contributed by atoms with Gasteiger partial charge in [-0.15, -0.1) is 0 Å². The first-order valence-corrected chi connectivity index (χ1v) is 19.1. The summed E-state index contributed by atoms with van der Waals surface area (Å²) < 4.78 is 19.2. The van der Waals surface area contributed by atoms with Gasteiger partial charge in [0.2, 0.25) is 0 Å². The van der Waals surface area contributed by atoms with Crippen LogP contribution in [0.3, 0.4) is 0 Å². The molecule has 0 aliphatic heterocycles. The van der Waals surface area contributed by atoms with E-state index in [0.717, 1.165) is 88.0 Å². The molecule has 0 aliphatic carbocycles. The van der Waals surface area contributed by atoms with Gasteiger partial charge in [0.25, 0.3) is 0 Å². The molecule has 0 radical (unpaired) electrons. The quantitative estimate of drug-likeness (QED) is 0.0999. The van der Waals surface area contributed by atoms with E-state index in [2.05, 4.69) is 55.1 Å². The summed E-state index contributed by atoms with van der Waals surface area (Å²) in [6.45, 7) is 5.85. The maximum absolute atomic E-state index is 8.93. The topological polar surface area (TPSA) is 88.0 Å². The smallest absolute Gasteiger partial charge is 0.161 e. The van der Waals surface area contributed by atoms with Crippen LogP contribution in [0.1, 0.15) is 18.1 Å². The molecule has 3 aromatic heterocycles. The Labute approximate surface area is 333 Å². The minimum Gasteiger partial charge on any atom is -0.456 e. The van der Waals surface area contributed by atoms with Gasteiger partial charge in [0.05, 0.1) is 0 Å². The summed E-state index contributed by atoms with van der Waals surface area (Å²) in [5, 5.41) is 15.0. The van der Waals surface area contributed by atoms with E-state index in [1.807, 2.05) is 122 Å². The molecule has 0 aliphatic rings. The number of fused-ring (bicyclic) bond motifs is 9. The normalized spacial score (nSPS) is 12.8. The molecule has 10 aromatic rings. The molecule has 0 atom stereocenters. The van der Waals surface area contributed by atoms with Crippen LogP contribution in [0.15, 0.2) is 205 Å². The summed E-state index contributed by atoms with van der Waals surface area (Å²) in [4.78, 5) is 9.75. The van der Waals surface area contributed by atoms with Crippen molar-refractivity contribution in [2.75, 3.05) is 0 Å². The third-order valence-electron chi connectivity index (χ3n) is 10.6. The van der Waals surface area contributed by atoms with Crippen molar-refractivity contribution >= 4 is 83.7 Å². The third kappa shape index (κ3) is 5.95. The number of para-hydroxylation sites is 2. The Morgan fingerprint density at radius 1 is 0.586 bits per heavy atom. The van der Waals surface area contributed by atoms with Crippen molar-refractivity contribution in [3.05, 3.63) is 193 Å². The molecule has 0 saturated carbocycles. The van der Waals surface area contributed by atoms with Crippen LogP contribution in [0.2, 0.25) is 0 Å². The van der Waals surface area contributed by atoms with Gasteiger partial charge < -0.3 is 13.3 Å². The first-order chi connectivity index (χ1) is 28.6. The van der Waals surface area contributed by atoms with Gasteiger partial charge >= 0.3 is 0 Å². The lowest BCUT2D eigenvalue weighted by Crippen LogP contribution is -2.05. The van der Waals surface area contributed by atoms with Crippen molar-refractivity contribution < 1.29 is 13.3 Å². The Balaban J connectivity index is 1.10.